The van der Waals surface area contributed by atoms with Gasteiger partial charge in [-0.1, -0.05) is 17.3 Å². The fourth-order valence-corrected chi connectivity index (χ4v) is 5.52. The topological polar surface area (TPSA) is 69.4 Å². The van der Waals surface area contributed by atoms with Gasteiger partial charge in [0, 0.05) is 0 Å². The first kappa shape index (κ1) is 21.6. The highest BCUT2D eigenvalue weighted by Gasteiger charge is 2.23. The molecule has 0 unspecified atom stereocenters. The molecule has 0 N–H and O–H groups in total. The predicted molar refractivity (Wildman–Crippen MR) is 120 cm³/mol. The minimum absolute atomic E-state index is 0.00760. The van der Waals surface area contributed by atoms with Crippen molar-refractivity contribution >= 4 is 9.84 Å². The summed E-state index contributed by atoms with van der Waals surface area (Å²) in [5.41, 5.74) is 6.03. The van der Waals surface area contributed by atoms with Crippen LogP contribution in [0.4, 0.5) is 0 Å². The van der Waals surface area contributed by atoms with Crippen molar-refractivity contribution in [2.24, 2.45) is 5.92 Å². The largest absolute Gasteiger partial charge is 0.489 e. The molecule has 0 spiro atoms. The zero-order chi connectivity index (χ0) is 22.2. The molecule has 1 aromatic heterocycles. The highest BCUT2D eigenvalue weighted by Crippen LogP contribution is 2.34. The molecule has 1 heterocycles. The van der Waals surface area contributed by atoms with Crippen LogP contribution in [0.2, 0.25) is 0 Å². The zero-order valence-corrected chi connectivity index (χ0v) is 19.4. The van der Waals surface area contributed by atoms with E-state index in [0.29, 0.717) is 17.3 Å². The van der Waals surface area contributed by atoms with Gasteiger partial charge in [-0.15, -0.1) is 0 Å². The number of benzene rings is 2. The third kappa shape index (κ3) is 5.01. The molecule has 0 saturated heterocycles. The summed E-state index contributed by atoms with van der Waals surface area (Å²) >= 11 is 0. The lowest BCUT2D eigenvalue weighted by Gasteiger charge is -2.14. The van der Waals surface area contributed by atoms with Gasteiger partial charge in [-0.3, -0.25) is 0 Å². The van der Waals surface area contributed by atoms with E-state index in [9.17, 15) is 8.42 Å². The molecule has 5 nitrogen and oxygen atoms in total. The molecule has 1 fully saturated rings. The Balaban J connectivity index is 1.46. The van der Waals surface area contributed by atoms with Gasteiger partial charge in [-0.25, -0.2) is 8.42 Å². The Kier molecular flexibility index (Phi) is 5.93. The molecule has 3 aromatic rings. The van der Waals surface area contributed by atoms with E-state index in [4.69, 9.17) is 9.26 Å². The lowest BCUT2D eigenvalue weighted by atomic mass is 9.98. The number of ether oxygens (including phenoxy) is 1. The van der Waals surface area contributed by atoms with E-state index in [2.05, 4.69) is 17.3 Å². The van der Waals surface area contributed by atoms with E-state index in [-0.39, 0.29) is 5.75 Å². The first-order chi connectivity index (χ1) is 14.7. The van der Waals surface area contributed by atoms with Gasteiger partial charge in [0.15, 0.2) is 9.84 Å². The van der Waals surface area contributed by atoms with Gasteiger partial charge in [0.05, 0.1) is 21.9 Å². The van der Waals surface area contributed by atoms with Crippen LogP contribution in [0, 0.1) is 33.6 Å². The third-order valence-corrected chi connectivity index (χ3v) is 7.72. The number of aromatic nitrogens is 1. The predicted octanol–water partition coefficient (Wildman–Crippen LogP) is 5.41. The van der Waals surface area contributed by atoms with Crippen LogP contribution in [-0.2, 0) is 28.6 Å². The Morgan fingerprint density at radius 3 is 2.19 bits per heavy atom. The summed E-state index contributed by atoms with van der Waals surface area (Å²) in [5.74, 6) is 2.15. The summed E-state index contributed by atoms with van der Waals surface area (Å²) < 4.78 is 37.1. The van der Waals surface area contributed by atoms with Gasteiger partial charge >= 0.3 is 0 Å². The normalized spacial score (nSPS) is 14.1. The maximum absolute atomic E-state index is 13.1. The van der Waals surface area contributed by atoms with Crippen LogP contribution >= 0.6 is 0 Å². The molecule has 0 amide bonds. The van der Waals surface area contributed by atoms with Crippen molar-refractivity contribution in [1.82, 2.24) is 5.16 Å². The SMILES string of the molecule is Cc1cc(CC2CC2)cc(C)c1CS(=O)(=O)c1ccc(OCc2c(C)noc2C)cc1. The number of rotatable bonds is 8. The van der Waals surface area contributed by atoms with Gasteiger partial charge in [-0.05, 0) is 99.4 Å². The molecule has 0 atom stereocenters. The minimum atomic E-state index is -3.45. The maximum atomic E-state index is 13.1. The molecule has 1 saturated carbocycles. The van der Waals surface area contributed by atoms with Crippen LogP contribution in [0.25, 0.3) is 0 Å². The van der Waals surface area contributed by atoms with Crippen LogP contribution < -0.4 is 4.74 Å². The van der Waals surface area contributed by atoms with Gasteiger partial charge < -0.3 is 9.26 Å². The number of hydrogen-bond acceptors (Lipinski definition) is 5. The second-order valence-electron chi connectivity index (χ2n) is 8.68. The standard InChI is InChI=1S/C25H29NO4S/c1-16-11-21(13-20-5-6-20)12-17(2)25(16)15-31(27,28)23-9-7-22(8-10-23)29-14-24-18(3)26-30-19(24)4/h7-12,20H,5-6,13-15H2,1-4H3. The molecule has 4 rings (SSSR count). The highest BCUT2D eigenvalue weighted by atomic mass is 32.2. The number of nitrogens with zero attached hydrogens (tertiary/aromatic N) is 1. The Morgan fingerprint density at radius 2 is 1.65 bits per heavy atom. The Morgan fingerprint density at radius 1 is 1.00 bits per heavy atom. The fourth-order valence-electron chi connectivity index (χ4n) is 3.96. The first-order valence-electron chi connectivity index (χ1n) is 10.7. The van der Waals surface area contributed by atoms with E-state index >= 15 is 0 Å². The van der Waals surface area contributed by atoms with Crippen molar-refractivity contribution in [3.8, 4) is 5.75 Å². The monoisotopic (exact) mass is 439 g/mol. The molecule has 0 aliphatic heterocycles. The second kappa shape index (κ2) is 8.50. The van der Waals surface area contributed by atoms with E-state index < -0.39 is 9.84 Å². The van der Waals surface area contributed by atoms with Crippen LogP contribution in [-0.4, -0.2) is 13.6 Å². The second-order valence-corrected chi connectivity index (χ2v) is 10.7. The molecule has 164 valence electrons. The number of hydrogen-bond donors (Lipinski definition) is 0. The zero-order valence-electron chi connectivity index (χ0n) is 18.6. The Bertz CT molecular complexity index is 1150. The lowest BCUT2D eigenvalue weighted by Crippen LogP contribution is -2.08. The van der Waals surface area contributed by atoms with Gasteiger partial charge in [0.2, 0.25) is 0 Å². The molecule has 1 aliphatic rings. The Hall–Kier alpha value is -2.60. The molecule has 31 heavy (non-hydrogen) atoms. The van der Waals surface area contributed by atoms with Crippen molar-refractivity contribution in [2.75, 3.05) is 0 Å². The molecule has 6 heteroatoms. The van der Waals surface area contributed by atoms with E-state index in [0.717, 1.165) is 46.0 Å². The van der Waals surface area contributed by atoms with E-state index in [1.807, 2.05) is 27.7 Å². The Labute approximate surface area is 184 Å². The molecule has 2 aromatic carbocycles. The average molecular weight is 440 g/mol. The van der Waals surface area contributed by atoms with Crippen molar-refractivity contribution in [1.29, 1.82) is 0 Å². The first-order valence-corrected chi connectivity index (χ1v) is 12.3. The summed E-state index contributed by atoms with van der Waals surface area (Å²) in [7, 11) is -3.45. The van der Waals surface area contributed by atoms with Crippen molar-refractivity contribution in [2.45, 2.75) is 64.2 Å². The van der Waals surface area contributed by atoms with Crippen molar-refractivity contribution in [3.05, 3.63) is 75.7 Å². The van der Waals surface area contributed by atoms with Crippen LogP contribution in [0.3, 0.4) is 0 Å². The molecular weight excluding hydrogens is 410 g/mol. The fraction of sp³-hybridized carbons (Fsp3) is 0.400. The molecule has 1 aliphatic carbocycles. The van der Waals surface area contributed by atoms with Crippen molar-refractivity contribution < 1.29 is 17.7 Å². The van der Waals surface area contributed by atoms with Gasteiger partial charge in [0.1, 0.15) is 18.1 Å². The maximum Gasteiger partial charge on any atom is 0.182 e. The van der Waals surface area contributed by atoms with Gasteiger partial charge in [0.25, 0.3) is 0 Å². The molecule has 0 radical (unpaired) electrons. The summed E-state index contributed by atoms with van der Waals surface area (Å²) in [6.45, 7) is 8.07. The summed E-state index contributed by atoms with van der Waals surface area (Å²) in [4.78, 5) is 0.304. The van der Waals surface area contributed by atoms with E-state index in [1.165, 1.54) is 18.4 Å². The van der Waals surface area contributed by atoms with E-state index in [1.54, 1.807) is 24.3 Å². The number of sulfone groups is 1. The van der Waals surface area contributed by atoms with Gasteiger partial charge in [-0.2, -0.15) is 0 Å². The third-order valence-electron chi connectivity index (χ3n) is 6.06. The summed E-state index contributed by atoms with van der Waals surface area (Å²) in [5, 5.41) is 3.92. The van der Waals surface area contributed by atoms with Crippen molar-refractivity contribution in [3.63, 3.8) is 0 Å². The summed E-state index contributed by atoms with van der Waals surface area (Å²) in [6.07, 6.45) is 3.72. The quantitative estimate of drug-likeness (QED) is 0.469. The lowest BCUT2D eigenvalue weighted by molar-refractivity contribution is 0.301. The molecular formula is C25H29NO4S. The smallest absolute Gasteiger partial charge is 0.182 e. The minimum Gasteiger partial charge on any atom is -0.489 e. The summed E-state index contributed by atoms with van der Waals surface area (Å²) in [6, 6.07) is 10.9. The van der Waals surface area contributed by atoms with Crippen LogP contribution in [0.5, 0.6) is 5.75 Å². The average Bonchev–Trinajstić information content (AvgIpc) is 3.47. The van der Waals surface area contributed by atoms with Crippen LogP contribution in [0.15, 0.2) is 45.8 Å². The highest BCUT2D eigenvalue weighted by molar-refractivity contribution is 7.90. The van der Waals surface area contributed by atoms with Crippen LogP contribution in [0.1, 0.15) is 52.1 Å². The number of aryl methyl sites for hydroxylation is 4. The molecule has 0 bridgehead atoms.